The average Bonchev–Trinajstić information content (AvgIpc) is 3.36. The highest BCUT2D eigenvalue weighted by Gasteiger charge is 2.46. The zero-order chi connectivity index (χ0) is 28.4. The van der Waals surface area contributed by atoms with Gasteiger partial charge in [0.2, 0.25) is 24.8 Å². The van der Waals surface area contributed by atoms with E-state index in [2.05, 4.69) is 10.3 Å². The normalized spacial score (nSPS) is 17.0. The summed E-state index contributed by atoms with van der Waals surface area (Å²) in [4.78, 5) is 44.1. The van der Waals surface area contributed by atoms with Crippen molar-refractivity contribution in [1.82, 2.24) is 5.32 Å². The van der Waals surface area contributed by atoms with Crippen molar-refractivity contribution in [2.75, 3.05) is 18.2 Å². The second-order valence-electron chi connectivity index (χ2n) is 9.15. The molecule has 0 radical (unpaired) electrons. The predicted molar refractivity (Wildman–Crippen MR) is 138 cm³/mol. The van der Waals surface area contributed by atoms with Gasteiger partial charge in [-0.25, -0.2) is 4.99 Å². The number of hydrogen-bond acceptors (Lipinski definition) is 6. The lowest BCUT2D eigenvalue weighted by molar-refractivity contribution is -0.183. The Morgan fingerprint density at radius 3 is 2.45 bits per heavy atom. The molecule has 40 heavy (non-hydrogen) atoms. The number of nitrogens with zero attached hydrogens (tertiary/aromatic N) is 2. The van der Waals surface area contributed by atoms with Gasteiger partial charge in [0.15, 0.2) is 11.5 Å². The van der Waals surface area contributed by atoms with Crippen molar-refractivity contribution >= 4 is 29.1 Å². The van der Waals surface area contributed by atoms with Crippen molar-refractivity contribution in [3.05, 3.63) is 89.5 Å². The molecule has 0 bridgehead atoms. The van der Waals surface area contributed by atoms with Crippen molar-refractivity contribution < 1.29 is 37.0 Å². The Bertz CT molecular complexity index is 1490. The number of alkyl halides is 3. The Kier molecular flexibility index (Phi) is 7.16. The second-order valence-corrected chi connectivity index (χ2v) is 9.15. The number of carbonyl (C=O) groups excluding carboxylic acids is 3. The van der Waals surface area contributed by atoms with Crippen LogP contribution in [0.25, 0.3) is 0 Å². The molecule has 5 rings (SSSR count). The van der Waals surface area contributed by atoms with Crippen LogP contribution in [0.4, 0.5) is 18.9 Å². The van der Waals surface area contributed by atoms with Crippen molar-refractivity contribution in [3.63, 3.8) is 0 Å². The first-order chi connectivity index (χ1) is 19.1. The van der Waals surface area contributed by atoms with Crippen molar-refractivity contribution in [1.29, 1.82) is 0 Å². The molecule has 0 spiro atoms. The zero-order valence-corrected chi connectivity index (χ0v) is 20.9. The Hall–Kier alpha value is -4.87. The zero-order valence-electron chi connectivity index (χ0n) is 20.9. The molecule has 206 valence electrons. The fourth-order valence-corrected chi connectivity index (χ4v) is 4.56. The van der Waals surface area contributed by atoms with E-state index in [4.69, 9.17) is 15.2 Å². The minimum absolute atomic E-state index is 0.00561. The third-order valence-electron chi connectivity index (χ3n) is 6.44. The van der Waals surface area contributed by atoms with Crippen LogP contribution >= 0.6 is 0 Å². The van der Waals surface area contributed by atoms with Gasteiger partial charge in [-0.3, -0.25) is 19.3 Å². The molecule has 3 aromatic rings. The smallest absolute Gasteiger partial charge is 0.400 e. The lowest BCUT2D eigenvalue weighted by Gasteiger charge is -2.26. The summed E-state index contributed by atoms with van der Waals surface area (Å²) in [6, 6.07) is 19.1. The molecule has 0 saturated carbocycles. The number of halogens is 3. The predicted octanol–water partition coefficient (Wildman–Crippen LogP) is 2.95. The molecule has 2 aliphatic rings. The number of amides is 3. The highest BCUT2D eigenvalue weighted by atomic mass is 19.4. The molecule has 2 heterocycles. The van der Waals surface area contributed by atoms with Crippen LogP contribution in [-0.4, -0.2) is 49.1 Å². The number of aliphatic imine (C=N–C) groups is 1. The number of carbonyl (C=O) groups is 3. The summed E-state index contributed by atoms with van der Waals surface area (Å²) in [6.07, 6.45) is -7.34. The van der Waals surface area contributed by atoms with Crippen molar-refractivity contribution in [2.45, 2.75) is 18.8 Å². The van der Waals surface area contributed by atoms with Crippen molar-refractivity contribution in [2.24, 2.45) is 16.6 Å². The number of para-hydroxylation sites is 1. The van der Waals surface area contributed by atoms with E-state index in [1.807, 2.05) is 0 Å². The largest absolute Gasteiger partial charge is 0.454 e. The topological polar surface area (TPSA) is 123 Å². The van der Waals surface area contributed by atoms with Gasteiger partial charge < -0.3 is 20.5 Å². The van der Waals surface area contributed by atoms with Gasteiger partial charge >= 0.3 is 6.18 Å². The maximum Gasteiger partial charge on any atom is 0.400 e. The number of benzene rings is 3. The molecule has 2 atom stereocenters. The van der Waals surface area contributed by atoms with Gasteiger partial charge in [-0.2, -0.15) is 13.2 Å². The van der Waals surface area contributed by atoms with Crippen LogP contribution < -0.4 is 25.4 Å². The fraction of sp³-hybridized carbons (Fsp3) is 0.214. The van der Waals surface area contributed by atoms with Gasteiger partial charge in [-0.15, -0.1) is 0 Å². The summed E-state index contributed by atoms with van der Waals surface area (Å²) in [5.41, 5.74) is 6.96. The Morgan fingerprint density at radius 1 is 1.02 bits per heavy atom. The highest BCUT2D eigenvalue weighted by Crippen LogP contribution is 2.36. The number of primary amides is 1. The molecule has 3 aromatic carbocycles. The quantitative estimate of drug-likeness (QED) is 0.467. The molecule has 3 N–H and O–H groups in total. The molecule has 2 aliphatic heterocycles. The highest BCUT2D eigenvalue weighted by molar-refractivity contribution is 6.21. The third-order valence-corrected chi connectivity index (χ3v) is 6.44. The van der Waals surface area contributed by atoms with Crippen LogP contribution in [0.5, 0.6) is 11.5 Å². The van der Waals surface area contributed by atoms with E-state index in [0.29, 0.717) is 28.2 Å². The van der Waals surface area contributed by atoms with Crippen molar-refractivity contribution in [3.8, 4) is 11.5 Å². The van der Waals surface area contributed by atoms with E-state index >= 15 is 0 Å². The first-order valence-electron chi connectivity index (χ1n) is 12.2. The van der Waals surface area contributed by atoms with E-state index in [9.17, 15) is 27.6 Å². The maximum absolute atomic E-state index is 14.0. The van der Waals surface area contributed by atoms with Gasteiger partial charge in [-0.1, -0.05) is 48.5 Å². The maximum atomic E-state index is 14.0. The molecule has 3 amide bonds. The Labute approximate surface area is 226 Å². The summed E-state index contributed by atoms with van der Waals surface area (Å²) < 4.78 is 52.9. The SMILES string of the molecule is NC(=O)CN1C(=O)C(NC(=O)C(Cc2ccccc2)C(F)(F)F)N=C(c2ccc3c(c2)OCO3)c2ccccc21. The van der Waals surface area contributed by atoms with Crippen LogP contribution in [-0.2, 0) is 20.8 Å². The Morgan fingerprint density at radius 2 is 1.73 bits per heavy atom. The second kappa shape index (κ2) is 10.7. The molecular weight excluding hydrogens is 529 g/mol. The van der Waals surface area contributed by atoms with E-state index in [-0.39, 0.29) is 18.2 Å². The van der Waals surface area contributed by atoms with Gasteiger partial charge in [-0.05, 0) is 36.2 Å². The van der Waals surface area contributed by atoms with Crippen LogP contribution in [0.15, 0.2) is 77.8 Å². The number of ether oxygens (including phenoxy) is 2. The van der Waals surface area contributed by atoms with E-state index < -0.39 is 48.9 Å². The number of anilines is 1. The number of nitrogens with two attached hydrogens (primary N) is 1. The first-order valence-corrected chi connectivity index (χ1v) is 12.2. The van der Waals surface area contributed by atoms with Gasteiger partial charge in [0.25, 0.3) is 5.91 Å². The average molecular weight is 553 g/mol. The van der Waals surface area contributed by atoms with E-state index in [0.717, 1.165) is 4.90 Å². The summed E-state index contributed by atoms with van der Waals surface area (Å²) >= 11 is 0. The molecule has 12 heteroatoms. The van der Waals surface area contributed by atoms with Gasteiger partial charge in [0.1, 0.15) is 12.5 Å². The van der Waals surface area contributed by atoms with Crippen LogP contribution in [0.3, 0.4) is 0 Å². The monoisotopic (exact) mass is 552 g/mol. The molecule has 0 aliphatic carbocycles. The van der Waals surface area contributed by atoms with Gasteiger partial charge in [0, 0.05) is 11.1 Å². The number of rotatable bonds is 7. The molecule has 0 aromatic heterocycles. The molecule has 2 unspecified atom stereocenters. The number of hydrogen-bond donors (Lipinski definition) is 2. The third kappa shape index (κ3) is 5.46. The van der Waals surface area contributed by atoms with E-state index in [1.54, 1.807) is 60.7 Å². The summed E-state index contributed by atoms with van der Waals surface area (Å²) in [5.74, 6) is -4.79. The number of fused-ring (bicyclic) bond motifs is 2. The summed E-state index contributed by atoms with van der Waals surface area (Å²) in [7, 11) is 0. The van der Waals surface area contributed by atoms with Crippen LogP contribution in [0, 0.1) is 5.92 Å². The van der Waals surface area contributed by atoms with Gasteiger partial charge in [0.05, 0.1) is 11.4 Å². The summed E-state index contributed by atoms with van der Waals surface area (Å²) in [5, 5.41) is 2.18. The standard InChI is InChI=1S/C28H23F3N4O5/c29-28(30,31)19(12-16-6-2-1-3-7-16)26(37)34-25-27(38)35(14-23(32)36)20-9-5-4-8-18(20)24(33-25)17-10-11-21-22(13-17)40-15-39-21/h1-11,13,19,25H,12,14-15H2,(H2,32,36)(H,34,37). The molecular formula is C28H23F3N4O5. The molecule has 0 fully saturated rings. The summed E-state index contributed by atoms with van der Waals surface area (Å²) in [6.45, 7) is -0.579. The van der Waals surface area contributed by atoms with E-state index in [1.165, 1.54) is 12.1 Å². The van der Waals surface area contributed by atoms with Crippen LogP contribution in [0.2, 0.25) is 0 Å². The first kappa shape index (κ1) is 26.7. The lowest BCUT2D eigenvalue weighted by atomic mass is 9.97. The molecule has 9 nitrogen and oxygen atoms in total. The Balaban J connectivity index is 1.57. The number of benzodiazepines with no additional fused rings is 1. The minimum atomic E-state index is -4.91. The van der Waals surface area contributed by atoms with Crippen LogP contribution in [0.1, 0.15) is 16.7 Å². The number of nitrogens with one attached hydrogen (secondary N) is 1. The lowest BCUT2D eigenvalue weighted by Crippen LogP contribution is -2.52. The molecule has 0 saturated heterocycles. The minimum Gasteiger partial charge on any atom is -0.454 e. The fourth-order valence-electron chi connectivity index (χ4n) is 4.56.